The molecule has 2 amide bonds. The molecule has 0 N–H and O–H groups in total. The van der Waals surface area contributed by atoms with Crippen LogP contribution >= 0.6 is 11.8 Å². The van der Waals surface area contributed by atoms with Crippen LogP contribution in [0.3, 0.4) is 0 Å². The fraction of sp³-hybridized carbons (Fsp3) is 0.286. The van der Waals surface area contributed by atoms with Crippen LogP contribution < -0.4 is 4.90 Å². The van der Waals surface area contributed by atoms with Crippen LogP contribution in [-0.4, -0.2) is 59.6 Å². The van der Waals surface area contributed by atoms with Crippen molar-refractivity contribution in [3.05, 3.63) is 101 Å². The highest BCUT2D eigenvalue weighted by Crippen LogP contribution is 2.28. The summed E-state index contributed by atoms with van der Waals surface area (Å²) in [5.74, 6) is 1.02. The molecule has 35 heavy (non-hydrogen) atoms. The second-order valence-electron chi connectivity index (χ2n) is 8.90. The predicted octanol–water partition coefficient (Wildman–Crippen LogP) is 4.43. The minimum atomic E-state index is -0.513. The number of hydrogen-bond donors (Lipinski definition) is 0. The quantitative estimate of drug-likeness (QED) is 0.493. The van der Waals surface area contributed by atoms with Gasteiger partial charge in [0.15, 0.2) is 0 Å². The molecule has 5 rings (SSSR count). The van der Waals surface area contributed by atoms with Crippen LogP contribution in [0.25, 0.3) is 0 Å². The van der Waals surface area contributed by atoms with E-state index in [0.29, 0.717) is 44.0 Å². The van der Waals surface area contributed by atoms with E-state index in [1.54, 1.807) is 28.8 Å². The summed E-state index contributed by atoms with van der Waals surface area (Å²) in [6, 6.07) is 23.8. The van der Waals surface area contributed by atoms with Crippen LogP contribution in [0.2, 0.25) is 0 Å². The largest absolute Gasteiger partial charge is 0.368 e. The number of hydrogen-bond acceptors (Lipinski definition) is 4. The van der Waals surface area contributed by atoms with Gasteiger partial charge in [0.1, 0.15) is 11.9 Å². The van der Waals surface area contributed by atoms with Gasteiger partial charge in [-0.2, -0.15) is 11.8 Å². The number of fused-ring (bicyclic) bond motifs is 1. The van der Waals surface area contributed by atoms with E-state index in [1.807, 2.05) is 47.4 Å². The number of halogens is 1. The Morgan fingerprint density at radius 2 is 1.57 bits per heavy atom. The van der Waals surface area contributed by atoms with Gasteiger partial charge in [-0.3, -0.25) is 9.59 Å². The summed E-state index contributed by atoms with van der Waals surface area (Å²) in [5, 5.41) is 0. The number of thioether (sulfide) groups is 1. The average Bonchev–Trinajstić information content (AvgIpc) is 3.23. The van der Waals surface area contributed by atoms with Crippen LogP contribution in [0, 0.1) is 5.82 Å². The number of carbonyl (C=O) groups is 2. The van der Waals surface area contributed by atoms with Gasteiger partial charge in [0, 0.05) is 55.5 Å². The third kappa shape index (κ3) is 5.20. The van der Waals surface area contributed by atoms with Gasteiger partial charge in [0.05, 0.1) is 0 Å². The lowest BCUT2D eigenvalue weighted by Crippen LogP contribution is -2.56. The fourth-order valence-electron chi connectivity index (χ4n) is 4.73. The van der Waals surface area contributed by atoms with E-state index in [4.69, 9.17) is 0 Å². The molecule has 0 bridgehead atoms. The zero-order valence-electron chi connectivity index (χ0n) is 19.5. The number of nitrogens with zero attached hydrogens (tertiary/aromatic N) is 3. The first-order valence-corrected chi connectivity index (χ1v) is 13.1. The number of amides is 2. The maximum Gasteiger partial charge on any atom is 0.255 e. The van der Waals surface area contributed by atoms with E-state index in [0.717, 1.165) is 17.0 Å². The van der Waals surface area contributed by atoms with Crippen LogP contribution in [0.15, 0.2) is 78.9 Å². The molecule has 3 aromatic rings. The second kappa shape index (κ2) is 10.5. The molecule has 0 radical (unpaired) electrons. The number of carbonyl (C=O) groups excluding carboxylic acids is 2. The van der Waals surface area contributed by atoms with Crippen molar-refractivity contribution in [2.75, 3.05) is 36.8 Å². The Labute approximate surface area is 209 Å². The molecule has 0 saturated carbocycles. The first kappa shape index (κ1) is 23.4. The smallest absolute Gasteiger partial charge is 0.255 e. The monoisotopic (exact) mass is 489 g/mol. The summed E-state index contributed by atoms with van der Waals surface area (Å²) < 4.78 is 13.3. The fourth-order valence-corrected chi connectivity index (χ4v) is 5.83. The van der Waals surface area contributed by atoms with E-state index in [-0.39, 0.29) is 17.6 Å². The van der Waals surface area contributed by atoms with Crippen molar-refractivity contribution in [2.45, 2.75) is 18.3 Å². The van der Waals surface area contributed by atoms with E-state index >= 15 is 0 Å². The lowest BCUT2D eigenvalue weighted by Gasteiger charge is -2.39. The summed E-state index contributed by atoms with van der Waals surface area (Å²) in [6.07, 6.45) is 0. The van der Waals surface area contributed by atoms with Gasteiger partial charge in [-0.05, 0) is 41.5 Å². The maximum atomic E-state index is 13.8. The molecule has 1 atom stereocenters. The van der Waals surface area contributed by atoms with Gasteiger partial charge in [0.25, 0.3) is 5.91 Å². The summed E-state index contributed by atoms with van der Waals surface area (Å²) in [6.45, 7) is 2.97. The van der Waals surface area contributed by atoms with Gasteiger partial charge < -0.3 is 14.7 Å². The maximum absolute atomic E-state index is 13.8. The highest BCUT2D eigenvalue weighted by atomic mass is 32.2. The lowest BCUT2D eigenvalue weighted by molar-refractivity contribution is -0.135. The molecule has 3 aromatic carbocycles. The lowest BCUT2D eigenvalue weighted by atomic mass is 10.1. The zero-order chi connectivity index (χ0) is 24.2. The topological polar surface area (TPSA) is 43.9 Å². The molecule has 1 unspecified atom stereocenters. The number of piperazine rings is 1. The van der Waals surface area contributed by atoms with E-state index in [9.17, 15) is 14.0 Å². The molecule has 0 spiro atoms. The van der Waals surface area contributed by atoms with E-state index in [2.05, 4.69) is 17.0 Å². The molecule has 2 heterocycles. The van der Waals surface area contributed by atoms with Gasteiger partial charge in [0.2, 0.25) is 5.91 Å². The molecule has 5 nitrogen and oxygen atoms in total. The minimum Gasteiger partial charge on any atom is -0.368 e. The summed E-state index contributed by atoms with van der Waals surface area (Å²) in [4.78, 5) is 32.8. The summed E-state index contributed by atoms with van der Waals surface area (Å²) >= 11 is 1.69. The Hall–Kier alpha value is -3.32. The Morgan fingerprint density at radius 1 is 0.886 bits per heavy atom. The van der Waals surface area contributed by atoms with E-state index < -0.39 is 6.04 Å². The van der Waals surface area contributed by atoms with Crippen molar-refractivity contribution in [3.8, 4) is 0 Å². The number of rotatable bonds is 7. The number of benzene rings is 3. The average molecular weight is 490 g/mol. The molecule has 7 heteroatoms. The first-order valence-electron chi connectivity index (χ1n) is 11.9. The summed E-state index contributed by atoms with van der Waals surface area (Å²) in [5.41, 5.74) is 3.83. The molecule has 180 valence electrons. The molecule has 2 aliphatic heterocycles. The molecule has 1 saturated heterocycles. The first-order chi connectivity index (χ1) is 17.1. The normalized spacial score (nSPS) is 16.4. The Bertz CT molecular complexity index is 1180. The SMILES string of the molecule is O=C(C(CSCc1ccccc1)N1Cc2ccccc2C1=O)N1CCN(c2ccc(F)cc2)CC1. The van der Waals surface area contributed by atoms with Crippen molar-refractivity contribution in [1.82, 2.24) is 9.80 Å². The highest BCUT2D eigenvalue weighted by Gasteiger charge is 2.38. The van der Waals surface area contributed by atoms with Crippen molar-refractivity contribution in [2.24, 2.45) is 0 Å². The molecule has 0 aliphatic carbocycles. The van der Waals surface area contributed by atoms with Crippen LogP contribution in [-0.2, 0) is 17.1 Å². The van der Waals surface area contributed by atoms with Crippen molar-refractivity contribution in [3.63, 3.8) is 0 Å². The van der Waals surface area contributed by atoms with Crippen molar-refractivity contribution < 1.29 is 14.0 Å². The molecule has 2 aliphatic rings. The second-order valence-corrected chi connectivity index (χ2v) is 9.93. The van der Waals surface area contributed by atoms with Crippen molar-refractivity contribution in [1.29, 1.82) is 0 Å². The highest BCUT2D eigenvalue weighted by molar-refractivity contribution is 7.98. The Kier molecular flexibility index (Phi) is 7.04. The Balaban J connectivity index is 1.28. The zero-order valence-corrected chi connectivity index (χ0v) is 20.3. The van der Waals surface area contributed by atoms with Crippen LogP contribution in [0.5, 0.6) is 0 Å². The minimum absolute atomic E-state index is 0.00507. The van der Waals surface area contributed by atoms with Gasteiger partial charge >= 0.3 is 0 Å². The number of anilines is 1. The van der Waals surface area contributed by atoms with Crippen LogP contribution in [0.4, 0.5) is 10.1 Å². The van der Waals surface area contributed by atoms with E-state index in [1.165, 1.54) is 17.7 Å². The molecular formula is C28H28FN3O2S. The standard InChI is InChI=1S/C28H28FN3O2S/c29-23-10-12-24(13-11-23)30-14-16-31(17-15-30)28(34)26(20-35-19-21-6-2-1-3-7-21)32-18-22-8-4-5-9-25(22)27(32)33/h1-13,26H,14-20H2. The van der Waals surface area contributed by atoms with Crippen LogP contribution in [0.1, 0.15) is 21.5 Å². The van der Waals surface area contributed by atoms with Gasteiger partial charge in [-0.25, -0.2) is 4.39 Å². The van der Waals surface area contributed by atoms with Crippen molar-refractivity contribution >= 4 is 29.3 Å². The molecule has 0 aromatic heterocycles. The Morgan fingerprint density at radius 3 is 2.29 bits per heavy atom. The predicted molar refractivity (Wildman–Crippen MR) is 138 cm³/mol. The van der Waals surface area contributed by atoms with Gasteiger partial charge in [-0.15, -0.1) is 0 Å². The third-order valence-corrected chi connectivity index (χ3v) is 7.77. The van der Waals surface area contributed by atoms with Gasteiger partial charge in [-0.1, -0.05) is 48.5 Å². The molecular weight excluding hydrogens is 461 g/mol. The third-order valence-electron chi connectivity index (χ3n) is 6.68. The molecule has 1 fully saturated rings. The summed E-state index contributed by atoms with van der Waals surface area (Å²) in [7, 11) is 0.